The van der Waals surface area contributed by atoms with Gasteiger partial charge in [-0.1, -0.05) is 13.3 Å². The Kier molecular flexibility index (Phi) is 7.89. The number of amides is 1. The van der Waals surface area contributed by atoms with Crippen molar-refractivity contribution in [2.45, 2.75) is 40.0 Å². The van der Waals surface area contributed by atoms with Crippen LogP contribution in [0.2, 0.25) is 0 Å². The minimum atomic E-state index is -0.563. The number of carbonyl (C=O) groups excluding carboxylic acids is 1. The number of aliphatic imine (C=N–C) groups is 1. The van der Waals surface area contributed by atoms with Crippen molar-refractivity contribution < 1.29 is 14.3 Å². The van der Waals surface area contributed by atoms with E-state index in [2.05, 4.69) is 11.9 Å². The molecule has 82 valence electrons. The molecule has 4 nitrogen and oxygen atoms in total. The average Bonchev–Trinajstić information content (AvgIpc) is 2.15. The summed E-state index contributed by atoms with van der Waals surface area (Å²) in [6.45, 7) is 6.57. The summed E-state index contributed by atoms with van der Waals surface area (Å²) in [6, 6.07) is 0. The van der Waals surface area contributed by atoms with Crippen LogP contribution in [0, 0.1) is 0 Å². The zero-order chi connectivity index (χ0) is 10.8. The van der Waals surface area contributed by atoms with Crippen molar-refractivity contribution in [3.05, 3.63) is 0 Å². The molecule has 4 heteroatoms. The van der Waals surface area contributed by atoms with Crippen molar-refractivity contribution in [1.29, 1.82) is 0 Å². The van der Waals surface area contributed by atoms with E-state index in [0.29, 0.717) is 25.5 Å². The highest BCUT2D eigenvalue weighted by molar-refractivity contribution is 5.87. The van der Waals surface area contributed by atoms with Crippen LogP contribution in [0.5, 0.6) is 0 Å². The maximum atomic E-state index is 11.0. The summed E-state index contributed by atoms with van der Waals surface area (Å²) in [5.41, 5.74) is 0. The standard InChI is InChI=1S/C10H19NO3/c1-4-7-8-9(13-5-2)11-10(12)14-6-3/h4-8H2,1-3H3/b11-9+. The first-order valence-corrected chi connectivity index (χ1v) is 5.11. The lowest BCUT2D eigenvalue weighted by atomic mass is 10.2. The molecule has 14 heavy (non-hydrogen) atoms. The monoisotopic (exact) mass is 201 g/mol. The fourth-order valence-corrected chi connectivity index (χ4v) is 0.913. The Hall–Kier alpha value is -1.06. The number of hydrogen-bond acceptors (Lipinski definition) is 3. The summed E-state index contributed by atoms with van der Waals surface area (Å²) in [5, 5.41) is 0. The fraction of sp³-hybridized carbons (Fsp3) is 0.800. The van der Waals surface area contributed by atoms with Crippen molar-refractivity contribution in [2.24, 2.45) is 4.99 Å². The lowest BCUT2D eigenvalue weighted by Crippen LogP contribution is -2.09. The van der Waals surface area contributed by atoms with E-state index in [1.807, 2.05) is 6.92 Å². The fourth-order valence-electron chi connectivity index (χ4n) is 0.913. The summed E-state index contributed by atoms with van der Waals surface area (Å²) in [5.74, 6) is 0.479. The summed E-state index contributed by atoms with van der Waals surface area (Å²) in [7, 11) is 0. The van der Waals surface area contributed by atoms with Crippen LogP contribution in [0.15, 0.2) is 4.99 Å². The second-order valence-corrected chi connectivity index (χ2v) is 2.74. The third-order valence-corrected chi connectivity index (χ3v) is 1.54. The van der Waals surface area contributed by atoms with Crippen molar-refractivity contribution in [1.82, 2.24) is 0 Å². The molecule has 0 heterocycles. The molecule has 0 aliphatic rings. The third kappa shape index (κ3) is 6.46. The second kappa shape index (κ2) is 8.53. The largest absolute Gasteiger partial charge is 0.481 e. The van der Waals surface area contributed by atoms with Gasteiger partial charge in [-0.2, -0.15) is 0 Å². The van der Waals surface area contributed by atoms with Gasteiger partial charge in [-0.15, -0.1) is 4.99 Å². The van der Waals surface area contributed by atoms with Gasteiger partial charge < -0.3 is 9.47 Å². The maximum Gasteiger partial charge on any atom is 0.436 e. The molecule has 0 aromatic carbocycles. The molecule has 0 radical (unpaired) electrons. The van der Waals surface area contributed by atoms with Gasteiger partial charge in [0.25, 0.3) is 0 Å². The van der Waals surface area contributed by atoms with Gasteiger partial charge in [0.05, 0.1) is 13.2 Å². The number of unbranched alkanes of at least 4 members (excludes halogenated alkanes) is 1. The summed E-state index contributed by atoms with van der Waals surface area (Å²) in [6.07, 6.45) is 2.16. The molecule has 0 N–H and O–H groups in total. The third-order valence-electron chi connectivity index (χ3n) is 1.54. The van der Waals surface area contributed by atoms with E-state index in [1.165, 1.54) is 0 Å². The second-order valence-electron chi connectivity index (χ2n) is 2.74. The zero-order valence-corrected chi connectivity index (χ0v) is 9.21. The lowest BCUT2D eigenvalue weighted by Gasteiger charge is -2.05. The molecule has 0 saturated heterocycles. The SMILES string of the molecule is CCCC/C(=N\C(=O)OCC)OCC. The van der Waals surface area contributed by atoms with Crippen LogP contribution in [0.4, 0.5) is 4.79 Å². The molecule has 0 aliphatic heterocycles. The summed E-state index contributed by atoms with van der Waals surface area (Å²) >= 11 is 0. The predicted octanol–water partition coefficient (Wildman–Crippen LogP) is 2.77. The van der Waals surface area contributed by atoms with E-state index < -0.39 is 6.09 Å². The van der Waals surface area contributed by atoms with Gasteiger partial charge in [-0.05, 0) is 20.3 Å². The molecule has 0 bridgehead atoms. The first-order chi connectivity index (χ1) is 6.74. The quantitative estimate of drug-likeness (QED) is 0.507. The van der Waals surface area contributed by atoms with Gasteiger partial charge in [0, 0.05) is 6.42 Å². The van der Waals surface area contributed by atoms with E-state index in [0.717, 1.165) is 12.8 Å². The number of nitrogens with zero attached hydrogens (tertiary/aromatic N) is 1. The first kappa shape index (κ1) is 12.9. The molecule has 0 aromatic heterocycles. The number of rotatable bonds is 5. The highest BCUT2D eigenvalue weighted by atomic mass is 16.6. The van der Waals surface area contributed by atoms with Crippen LogP contribution >= 0.6 is 0 Å². The van der Waals surface area contributed by atoms with E-state index in [1.54, 1.807) is 6.92 Å². The Morgan fingerprint density at radius 2 is 1.79 bits per heavy atom. The smallest absolute Gasteiger partial charge is 0.436 e. The van der Waals surface area contributed by atoms with Crippen molar-refractivity contribution >= 4 is 12.0 Å². The average molecular weight is 201 g/mol. The molecule has 0 rings (SSSR count). The molecule has 0 aromatic rings. The van der Waals surface area contributed by atoms with Gasteiger partial charge in [0.2, 0.25) is 0 Å². The van der Waals surface area contributed by atoms with Crippen LogP contribution in [0.25, 0.3) is 0 Å². The molecular formula is C10H19NO3. The molecule has 0 aliphatic carbocycles. The predicted molar refractivity (Wildman–Crippen MR) is 55.6 cm³/mol. The zero-order valence-electron chi connectivity index (χ0n) is 9.21. The highest BCUT2D eigenvalue weighted by Crippen LogP contribution is 2.00. The van der Waals surface area contributed by atoms with Crippen LogP contribution in [-0.4, -0.2) is 25.2 Å². The molecule has 0 atom stereocenters. The van der Waals surface area contributed by atoms with Gasteiger partial charge in [-0.3, -0.25) is 0 Å². The number of ether oxygens (including phenoxy) is 2. The summed E-state index contributed by atoms with van der Waals surface area (Å²) in [4.78, 5) is 14.7. The topological polar surface area (TPSA) is 47.9 Å². The molecule has 0 fully saturated rings. The normalized spacial score (nSPS) is 11.2. The summed E-state index contributed by atoms with van der Waals surface area (Å²) < 4.78 is 9.90. The molecular weight excluding hydrogens is 182 g/mol. The first-order valence-electron chi connectivity index (χ1n) is 5.11. The van der Waals surface area contributed by atoms with E-state index in [4.69, 9.17) is 9.47 Å². The van der Waals surface area contributed by atoms with Crippen molar-refractivity contribution in [3.8, 4) is 0 Å². The van der Waals surface area contributed by atoms with Crippen LogP contribution in [0.1, 0.15) is 40.0 Å². The Balaban J connectivity index is 4.08. The van der Waals surface area contributed by atoms with Gasteiger partial charge in [-0.25, -0.2) is 4.79 Å². The van der Waals surface area contributed by atoms with Crippen LogP contribution in [0.3, 0.4) is 0 Å². The number of carbonyl (C=O) groups is 1. The Bertz CT molecular complexity index is 190. The van der Waals surface area contributed by atoms with Crippen molar-refractivity contribution in [2.75, 3.05) is 13.2 Å². The van der Waals surface area contributed by atoms with Crippen LogP contribution < -0.4 is 0 Å². The van der Waals surface area contributed by atoms with Crippen LogP contribution in [-0.2, 0) is 9.47 Å². The minimum absolute atomic E-state index is 0.343. The Morgan fingerprint density at radius 1 is 1.14 bits per heavy atom. The van der Waals surface area contributed by atoms with Crippen molar-refractivity contribution in [3.63, 3.8) is 0 Å². The molecule has 0 saturated carbocycles. The van der Waals surface area contributed by atoms with E-state index >= 15 is 0 Å². The maximum absolute atomic E-state index is 11.0. The Labute approximate surface area is 85.3 Å². The van der Waals surface area contributed by atoms with E-state index in [-0.39, 0.29) is 0 Å². The molecule has 1 amide bonds. The van der Waals surface area contributed by atoms with Gasteiger partial charge >= 0.3 is 6.09 Å². The van der Waals surface area contributed by atoms with Gasteiger partial charge in [0.15, 0.2) is 5.90 Å². The molecule has 0 spiro atoms. The number of hydrogen-bond donors (Lipinski definition) is 0. The Morgan fingerprint density at radius 3 is 2.29 bits per heavy atom. The molecule has 0 unspecified atom stereocenters. The van der Waals surface area contributed by atoms with E-state index in [9.17, 15) is 4.79 Å². The van der Waals surface area contributed by atoms with Gasteiger partial charge in [0.1, 0.15) is 0 Å². The lowest BCUT2D eigenvalue weighted by molar-refractivity contribution is 0.162. The minimum Gasteiger partial charge on any atom is -0.481 e. The highest BCUT2D eigenvalue weighted by Gasteiger charge is 2.04.